The maximum atomic E-state index is 12.4. The van der Waals surface area contributed by atoms with Gasteiger partial charge in [0.2, 0.25) is 5.91 Å². The molecule has 0 aliphatic carbocycles. The monoisotopic (exact) mass is 469 g/mol. The maximum Gasteiger partial charge on any atom is 0.471 e. The quantitative estimate of drug-likeness (QED) is 0.396. The second kappa shape index (κ2) is 10.4. The van der Waals surface area contributed by atoms with E-state index in [1.54, 1.807) is 53.8 Å². The fraction of sp³-hybridized carbons (Fsp3) is 0.0870. The Kier molecular flexibility index (Phi) is 7.36. The van der Waals surface area contributed by atoms with E-state index in [1.807, 2.05) is 0 Å². The number of hydrogen-bond donors (Lipinski definition) is 3. The van der Waals surface area contributed by atoms with Gasteiger partial charge in [-0.1, -0.05) is 0 Å². The summed E-state index contributed by atoms with van der Waals surface area (Å²) in [5.74, 6) is -2.75. The SMILES string of the molecule is CC(=O)Nc1ccc(N=Nc2ccc(NC(=O)c3ccc(NC(=O)C(F)(F)F)cc3)cc2)cc1. The van der Waals surface area contributed by atoms with Gasteiger partial charge in [-0.3, -0.25) is 14.4 Å². The number of nitrogens with one attached hydrogen (secondary N) is 3. The normalized spacial score (nSPS) is 11.2. The molecule has 0 radical (unpaired) electrons. The van der Waals surface area contributed by atoms with Crippen LogP contribution < -0.4 is 16.0 Å². The number of azo groups is 1. The van der Waals surface area contributed by atoms with Crippen LogP contribution in [0.3, 0.4) is 0 Å². The highest BCUT2D eigenvalue weighted by molar-refractivity contribution is 6.04. The first kappa shape index (κ1) is 24.1. The van der Waals surface area contributed by atoms with E-state index in [4.69, 9.17) is 0 Å². The number of hydrogen-bond acceptors (Lipinski definition) is 5. The van der Waals surface area contributed by atoms with Crippen molar-refractivity contribution in [1.29, 1.82) is 0 Å². The van der Waals surface area contributed by atoms with Gasteiger partial charge in [-0.05, 0) is 72.8 Å². The van der Waals surface area contributed by atoms with Crippen LogP contribution in [-0.4, -0.2) is 23.9 Å². The molecule has 0 aromatic heterocycles. The van der Waals surface area contributed by atoms with Crippen LogP contribution in [0.25, 0.3) is 0 Å². The second-order valence-electron chi connectivity index (χ2n) is 6.96. The molecule has 0 saturated carbocycles. The summed E-state index contributed by atoms with van der Waals surface area (Å²) in [4.78, 5) is 34.3. The van der Waals surface area contributed by atoms with Gasteiger partial charge in [0.1, 0.15) is 0 Å². The molecule has 0 heterocycles. The lowest BCUT2D eigenvalue weighted by atomic mass is 10.2. The summed E-state index contributed by atoms with van der Waals surface area (Å²) in [6.07, 6.45) is -5.00. The van der Waals surface area contributed by atoms with Gasteiger partial charge < -0.3 is 16.0 Å². The van der Waals surface area contributed by atoms with E-state index in [1.165, 1.54) is 31.2 Å². The van der Waals surface area contributed by atoms with Gasteiger partial charge in [-0.25, -0.2) is 0 Å². The van der Waals surface area contributed by atoms with E-state index < -0.39 is 18.0 Å². The lowest BCUT2D eigenvalue weighted by molar-refractivity contribution is -0.167. The largest absolute Gasteiger partial charge is 0.471 e. The zero-order chi connectivity index (χ0) is 24.7. The van der Waals surface area contributed by atoms with Crippen molar-refractivity contribution in [2.75, 3.05) is 16.0 Å². The molecular formula is C23H18F3N5O3. The van der Waals surface area contributed by atoms with Crippen molar-refractivity contribution in [3.05, 3.63) is 78.4 Å². The molecule has 8 nitrogen and oxygen atoms in total. The Bertz CT molecular complexity index is 1210. The molecule has 34 heavy (non-hydrogen) atoms. The zero-order valence-corrected chi connectivity index (χ0v) is 17.7. The van der Waals surface area contributed by atoms with Crippen molar-refractivity contribution in [2.45, 2.75) is 13.1 Å². The Morgan fingerprint density at radius 2 is 1.06 bits per heavy atom. The first-order valence-corrected chi connectivity index (χ1v) is 9.79. The highest BCUT2D eigenvalue weighted by Crippen LogP contribution is 2.23. The van der Waals surface area contributed by atoms with Gasteiger partial charge in [0.05, 0.1) is 11.4 Å². The summed E-state index contributed by atoms with van der Waals surface area (Å²) in [6.45, 7) is 1.42. The van der Waals surface area contributed by atoms with Crippen molar-refractivity contribution in [3.63, 3.8) is 0 Å². The topological polar surface area (TPSA) is 112 Å². The van der Waals surface area contributed by atoms with Crippen molar-refractivity contribution < 1.29 is 27.6 Å². The smallest absolute Gasteiger partial charge is 0.326 e. The zero-order valence-electron chi connectivity index (χ0n) is 17.7. The minimum absolute atomic E-state index is 0.0849. The first-order valence-electron chi connectivity index (χ1n) is 9.79. The third-order valence-electron chi connectivity index (χ3n) is 4.26. The molecule has 3 N–H and O–H groups in total. The number of anilines is 3. The molecule has 0 saturated heterocycles. The fourth-order valence-corrected chi connectivity index (χ4v) is 2.65. The third-order valence-corrected chi connectivity index (χ3v) is 4.26. The Morgan fingerprint density at radius 1 is 0.647 bits per heavy atom. The van der Waals surface area contributed by atoms with Crippen molar-refractivity contribution in [1.82, 2.24) is 0 Å². The number of nitrogens with zero attached hydrogens (tertiary/aromatic N) is 2. The molecule has 0 bridgehead atoms. The van der Waals surface area contributed by atoms with Crippen molar-refractivity contribution in [2.24, 2.45) is 10.2 Å². The molecule has 0 spiro atoms. The average Bonchev–Trinajstić information content (AvgIpc) is 2.79. The van der Waals surface area contributed by atoms with Crippen LogP contribution in [0.15, 0.2) is 83.0 Å². The molecule has 0 aliphatic rings. The molecule has 0 unspecified atom stereocenters. The van der Waals surface area contributed by atoms with Crippen LogP contribution in [0.1, 0.15) is 17.3 Å². The van der Waals surface area contributed by atoms with Crippen LogP contribution in [0.5, 0.6) is 0 Å². The van der Waals surface area contributed by atoms with Crippen LogP contribution in [0.2, 0.25) is 0 Å². The fourth-order valence-electron chi connectivity index (χ4n) is 2.65. The standard InChI is InChI=1S/C23H18F3N5O3/c1-14(32)27-16-6-10-19(11-7-16)30-31-20-12-8-17(9-13-20)28-21(33)15-2-4-18(5-3-15)29-22(34)23(24,25)26/h2-13H,1H3,(H,27,32)(H,28,33)(H,29,34). The van der Waals surface area contributed by atoms with E-state index in [9.17, 15) is 27.6 Å². The van der Waals surface area contributed by atoms with Crippen LogP contribution in [0, 0.1) is 0 Å². The molecule has 3 aromatic carbocycles. The van der Waals surface area contributed by atoms with Gasteiger partial charge in [0.15, 0.2) is 0 Å². The van der Waals surface area contributed by atoms with E-state index >= 15 is 0 Å². The lowest BCUT2D eigenvalue weighted by Gasteiger charge is -2.09. The average molecular weight is 469 g/mol. The molecular weight excluding hydrogens is 451 g/mol. The van der Waals surface area contributed by atoms with Gasteiger partial charge >= 0.3 is 12.1 Å². The number of carbonyl (C=O) groups is 3. The van der Waals surface area contributed by atoms with Gasteiger partial charge in [-0.2, -0.15) is 23.4 Å². The predicted octanol–water partition coefficient (Wildman–Crippen LogP) is 5.81. The van der Waals surface area contributed by atoms with Crippen molar-refractivity contribution in [3.8, 4) is 0 Å². The first-order chi connectivity index (χ1) is 16.1. The molecule has 0 atom stereocenters. The second-order valence-corrected chi connectivity index (χ2v) is 6.96. The van der Waals surface area contributed by atoms with Gasteiger partial charge in [-0.15, -0.1) is 0 Å². The Labute approximate surface area is 191 Å². The van der Waals surface area contributed by atoms with E-state index in [2.05, 4.69) is 20.9 Å². The molecule has 3 amide bonds. The minimum Gasteiger partial charge on any atom is -0.326 e. The summed E-state index contributed by atoms with van der Waals surface area (Å²) in [5, 5.41) is 15.2. The summed E-state index contributed by atoms with van der Waals surface area (Å²) < 4.78 is 36.9. The van der Waals surface area contributed by atoms with E-state index in [0.717, 1.165) is 0 Å². The number of carbonyl (C=O) groups excluding carboxylic acids is 3. The number of amides is 3. The van der Waals surface area contributed by atoms with Gasteiger partial charge in [0.25, 0.3) is 5.91 Å². The Hall–Kier alpha value is -4.54. The van der Waals surface area contributed by atoms with E-state index in [-0.39, 0.29) is 17.2 Å². The highest BCUT2D eigenvalue weighted by Gasteiger charge is 2.38. The molecule has 3 rings (SSSR count). The van der Waals surface area contributed by atoms with E-state index in [0.29, 0.717) is 22.7 Å². The highest BCUT2D eigenvalue weighted by atomic mass is 19.4. The Balaban J connectivity index is 1.56. The summed E-state index contributed by atoms with van der Waals surface area (Å²) >= 11 is 0. The molecule has 0 fully saturated rings. The number of benzene rings is 3. The Morgan fingerprint density at radius 3 is 1.50 bits per heavy atom. The van der Waals surface area contributed by atoms with Crippen LogP contribution >= 0.6 is 0 Å². The van der Waals surface area contributed by atoms with Crippen molar-refractivity contribution >= 4 is 46.2 Å². The number of halogens is 3. The molecule has 3 aromatic rings. The molecule has 0 aliphatic heterocycles. The van der Waals surface area contributed by atoms with Crippen LogP contribution in [0.4, 0.5) is 41.6 Å². The predicted molar refractivity (Wildman–Crippen MR) is 120 cm³/mol. The molecule has 11 heteroatoms. The maximum absolute atomic E-state index is 12.4. The van der Waals surface area contributed by atoms with Gasteiger partial charge in [0, 0.05) is 29.5 Å². The van der Waals surface area contributed by atoms with Crippen LogP contribution in [-0.2, 0) is 9.59 Å². The number of alkyl halides is 3. The summed E-state index contributed by atoms with van der Waals surface area (Å²) in [7, 11) is 0. The molecule has 174 valence electrons. The number of rotatable bonds is 6. The minimum atomic E-state index is -5.00. The summed E-state index contributed by atoms with van der Waals surface area (Å²) in [6, 6.07) is 18.3. The summed E-state index contributed by atoms with van der Waals surface area (Å²) in [5.41, 5.74) is 2.34. The lowest BCUT2D eigenvalue weighted by Crippen LogP contribution is -2.29. The third kappa shape index (κ3) is 6.99.